The van der Waals surface area contributed by atoms with Crippen molar-refractivity contribution in [3.63, 3.8) is 0 Å². The molecular formula is C25H30N2O5. The number of ether oxygens (including phenoxy) is 1. The first-order valence-corrected chi connectivity index (χ1v) is 10.8. The van der Waals surface area contributed by atoms with Crippen LogP contribution < -0.4 is 5.32 Å². The van der Waals surface area contributed by atoms with E-state index >= 15 is 0 Å². The van der Waals surface area contributed by atoms with Gasteiger partial charge in [0.2, 0.25) is 5.91 Å². The molecule has 1 aliphatic rings. The lowest BCUT2D eigenvalue weighted by Crippen LogP contribution is -2.54. The van der Waals surface area contributed by atoms with Crippen LogP contribution >= 0.6 is 0 Å². The number of carbonyl (C=O) groups excluding carboxylic acids is 2. The molecule has 3 rings (SSSR count). The number of hydrogen-bond donors (Lipinski definition) is 2. The van der Waals surface area contributed by atoms with Gasteiger partial charge >= 0.3 is 12.1 Å². The molecule has 1 aliphatic heterocycles. The van der Waals surface area contributed by atoms with E-state index in [1.54, 1.807) is 20.8 Å². The molecule has 0 saturated carbocycles. The molecule has 0 unspecified atom stereocenters. The highest BCUT2D eigenvalue weighted by Gasteiger charge is 2.42. The molecule has 0 aliphatic carbocycles. The molecule has 2 atom stereocenters. The molecule has 2 aromatic carbocycles. The van der Waals surface area contributed by atoms with Crippen molar-refractivity contribution in [3.05, 3.63) is 71.8 Å². The van der Waals surface area contributed by atoms with Crippen LogP contribution in [0.3, 0.4) is 0 Å². The molecule has 32 heavy (non-hydrogen) atoms. The Morgan fingerprint density at radius 1 is 1.00 bits per heavy atom. The van der Waals surface area contributed by atoms with Gasteiger partial charge < -0.3 is 20.1 Å². The van der Waals surface area contributed by atoms with Gasteiger partial charge in [-0.05, 0) is 44.7 Å². The van der Waals surface area contributed by atoms with Crippen molar-refractivity contribution in [1.29, 1.82) is 0 Å². The maximum absolute atomic E-state index is 13.7. The van der Waals surface area contributed by atoms with Gasteiger partial charge in [-0.1, -0.05) is 60.7 Å². The van der Waals surface area contributed by atoms with E-state index in [2.05, 4.69) is 5.32 Å². The largest absolute Gasteiger partial charge is 0.480 e. The lowest BCUT2D eigenvalue weighted by molar-refractivity contribution is -0.149. The SMILES string of the molecule is CC(C)(C)OC(=O)N[C@@H](C(=O)N1CCC[C@H]1C(=O)O)C(c1ccccc1)c1ccccc1. The molecule has 2 N–H and O–H groups in total. The fraction of sp³-hybridized carbons (Fsp3) is 0.400. The summed E-state index contributed by atoms with van der Waals surface area (Å²) in [6.45, 7) is 5.57. The van der Waals surface area contributed by atoms with Gasteiger partial charge in [0.05, 0.1) is 0 Å². The van der Waals surface area contributed by atoms with Gasteiger partial charge in [-0.15, -0.1) is 0 Å². The fourth-order valence-electron chi connectivity index (χ4n) is 4.09. The van der Waals surface area contributed by atoms with Gasteiger partial charge in [0, 0.05) is 12.5 Å². The van der Waals surface area contributed by atoms with E-state index in [0.717, 1.165) is 11.1 Å². The number of hydrogen-bond acceptors (Lipinski definition) is 4. The summed E-state index contributed by atoms with van der Waals surface area (Å²) in [5.41, 5.74) is 0.919. The van der Waals surface area contributed by atoms with E-state index in [-0.39, 0.29) is 0 Å². The molecule has 7 heteroatoms. The van der Waals surface area contributed by atoms with Crippen LogP contribution in [0.4, 0.5) is 4.79 Å². The Hall–Kier alpha value is -3.35. The van der Waals surface area contributed by atoms with Gasteiger partial charge in [-0.25, -0.2) is 9.59 Å². The topological polar surface area (TPSA) is 95.9 Å². The van der Waals surface area contributed by atoms with Crippen molar-refractivity contribution in [3.8, 4) is 0 Å². The molecule has 2 amide bonds. The van der Waals surface area contributed by atoms with Gasteiger partial charge in [0.25, 0.3) is 0 Å². The number of aliphatic carboxylic acids is 1. The highest BCUT2D eigenvalue weighted by molar-refractivity contribution is 5.91. The summed E-state index contributed by atoms with van der Waals surface area (Å²) in [5.74, 6) is -1.99. The van der Waals surface area contributed by atoms with Crippen molar-refractivity contribution in [2.24, 2.45) is 0 Å². The maximum atomic E-state index is 13.7. The molecular weight excluding hydrogens is 408 g/mol. The number of carboxylic acid groups (broad SMARTS) is 1. The average Bonchev–Trinajstić information content (AvgIpc) is 3.23. The lowest BCUT2D eigenvalue weighted by atomic mass is 9.84. The van der Waals surface area contributed by atoms with Crippen molar-refractivity contribution in [1.82, 2.24) is 10.2 Å². The molecule has 0 spiro atoms. The molecule has 7 nitrogen and oxygen atoms in total. The zero-order valence-electron chi connectivity index (χ0n) is 18.7. The standard InChI is InChI=1S/C25H30N2O5/c1-25(2,3)32-24(31)26-21(22(28)27-16-10-15-19(27)23(29)30)20(17-11-6-4-7-12-17)18-13-8-5-9-14-18/h4-9,11-14,19-21H,10,15-16H2,1-3H3,(H,26,31)(H,29,30)/t19-,21+/m0/s1. The molecule has 170 valence electrons. The molecule has 0 bridgehead atoms. The van der Waals surface area contributed by atoms with Crippen LogP contribution in [0, 0.1) is 0 Å². The van der Waals surface area contributed by atoms with Gasteiger partial charge in [0.1, 0.15) is 17.7 Å². The number of nitrogens with zero attached hydrogens (tertiary/aromatic N) is 1. The summed E-state index contributed by atoms with van der Waals surface area (Å²) in [6.07, 6.45) is 0.268. The number of amides is 2. The van der Waals surface area contributed by atoms with Crippen LogP contribution in [0.15, 0.2) is 60.7 Å². The van der Waals surface area contributed by atoms with Crippen LogP contribution in [-0.2, 0) is 14.3 Å². The number of benzene rings is 2. The summed E-state index contributed by atoms with van der Waals surface area (Å²) in [6, 6.07) is 16.9. The van der Waals surface area contributed by atoms with Crippen LogP contribution in [0.25, 0.3) is 0 Å². The first kappa shape index (κ1) is 23.3. The van der Waals surface area contributed by atoms with E-state index in [1.165, 1.54) is 4.90 Å². The Bertz CT molecular complexity index is 900. The monoisotopic (exact) mass is 438 g/mol. The quantitative estimate of drug-likeness (QED) is 0.715. The summed E-state index contributed by atoms with van der Waals surface area (Å²) in [4.78, 5) is 39.6. The first-order valence-electron chi connectivity index (χ1n) is 10.8. The number of carboxylic acids is 1. The third-order valence-corrected chi connectivity index (χ3v) is 5.41. The predicted octanol–water partition coefficient (Wildman–Crippen LogP) is 3.79. The van der Waals surface area contributed by atoms with Gasteiger partial charge in [-0.2, -0.15) is 0 Å². The third-order valence-electron chi connectivity index (χ3n) is 5.41. The molecule has 2 aromatic rings. The van der Waals surface area contributed by atoms with Crippen molar-refractivity contribution in [2.75, 3.05) is 6.54 Å². The minimum absolute atomic E-state index is 0.332. The van der Waals surface area contributed by atoms with E-state index < -0.39 is 41.6 Å². The van der Waals surface area contributed by atoms with Gasteiger partial charge in [0.15, 0.2) is 0 Å². The summed E-state index contributed by atoms with van der Waals surface area (Å²) in [5, 5.41) is 12.4. The van der Waals surface area contributed by atoms with Gasteiger partial charge in [-0.3, -0.25) is 4.79 Å². The average molecular weight is 439 g/mol. The predicted molar refractivity (Wildman–Crippen MR) is 120 cm³/mol. The third kappa shape index (κ3) is 5.66. The van der Waals surface area contributed by atoms with E-state index in [1.807, 2.05) is 60.7 Å². The smallest absolute Gasteiger partial charge is 0.408 e. The second kappa shape index (κ2) is 9.85. The van der Waals surface area contributed by atoms with Crippen molar-refractivity contribution in [2.45, 2.75) is 57.2 Å². The van der Waals surface area contributed by atoms with Crippen LogP contribution in [-0.4, -0.2) is 52.2 Å². The number of rotatable bonds is 6. The Labute approximate surface area is 188 Å². The molecule has 1 heterocycles. The van der Waals surface area contributed by atoms with Crippen molar-refractivity contribution < 1.29 is 24.2 Å². The maximum Gasteiger partial charge on any atom is 0.408 e. The number of alkyl carbamates (subject to hydrolysis) is 1. The summed E-state index contributed by atoms with van der Waals surface area (Å²) in [7, 11) is 0. The summed E-state index contributed by atoms with van der Waals surface area (Å²) < 4.78 is 5.44. The van der Waals surface area contributed by atoms with Crippen LogP contribution in [0.5, 0.6) is 0 Å². The van der Waals surface area contributed by atoms with Crippen LogP contribution in [0.1, 0.15) is 50.7 Å². The Morgan fingerprint density at radius 2 is 1.53 bits per heavy atom. The highest BCUT2D eigenvalue weighted by atomic mass is 16.6. The second-order valence-corrected chi connectivity index (χ2v) is 8.95. The number of nitrogens with one attached hydrogen (secondary N) is 1. The fourth-order valence-corrected chi connectivity index (χ4v) is 4.09. The minimum Gasteiger partial charge on any atom is -0.480 e. The number of carbonyl (C=O) groups is 3. The molecule has 0 radical (unpaired) electrons. The minimum atomic E-state index is -1.04. The Morgan fingerprint density at radius 3 is 2.00 bits per heavy atom. The normalized spacial score (nSPS) is 17.1. The lowest BCUT2D eigenvalue weighted by Gasteiger charge is -2.33. The first-order chi connectivity index (χ1) is 15.2. The Balaban J connectivity index is 2.05. The Kier molecular flexibility index (Phi) is 7.18. The van der Waals surface area contributed by atoms with E-state index in [4.69, 9.17) is 4.74 Å². The van der Waals surface area contributed by atoms with E-state index in [0.29, 0.717) is 19.4 Å². The second-order valence-electron chi connectivity index (χ2n) is 8.95. The molecule has 1 saturated heterocycles. The summed E-state index contributed by atoms with van der Waals surface area (Å²) >= 11 is 0. The zero-order valence-corrected chi connectivity index (χ0v) is 18.7. The highest BCUT2D eigenvalue weighted by Crippen LogP contribution is 2.31. The number of likely N-dealkylation sites (tertiary alicyclic amines) is 1. The molecule has 0 aromatic heterocycles. The molecule has 1 fully saturated rings. The van der Waals surface area contributed by atoms with E-state index in [9.17, 15) is 19.5 Å². The van der Waals surface area contributed by atoms with Crippen molar-refractivity contribution >= 4 is 18.0 Å². The van der Waals surface area contributed by atoms with Crippen LogP contribution in [0.2, 0.25) is 0 Å². The zero-order chi connectivity index (χ0) is 23.3.